The summed E-state index contributed by atoms with van der Waals surface area (Å²) < 4.78 is 0. The van der Waals surface area contributed by atoms with Crippen LogP contribution in [0.2, 0.25) is 0 Å². The minimum Gasteiger partial charge on any atom is -0.480 e. The fourth-order valence-corrected chi connectivity index (χ4v) is 1.95. The average molecular weight is 284 g/mol. The molecule has 0 fully saturated rings. The number of hydrogen-bond donors (Lipinski definition) is 2. The van der Waals surface area contributed by atoms with Crippen LogP contribution in [0.25, 0.3) is 0 Å². The summed E-state index contributed by atoms with van der Waals surface area (Å²) in [4.78, 5) is 24.5. The Morgan fingerprint density at radius 3 is 1.76 bits per heavy atom. The van der Waals surface area contributed by atoms with E-state index in [4.69, 9.17) is 5.11 Å². The number of carboxylic acid groups (broad SMARTS) is 1. The number of benzene rings is 2. The monoisotopic (exact) mass is 284 g/mol. The molecule has 0 aliphatic heterocycles. The van der Waals surface area contributed by atoms with Gasteiger partial charge in [0.15, 0.2) is 0 Å². The van der Waals surface area contributed by atoms with Gasteiger partial charge in [0.05, 0.1) is 13.1 Å². The highest BCUT2D eigenvalue weighted by Gasteiger charge is 2.17. The van der Waals surface area contributed by atoms with Gasteiger partial charge in [-0.2, -0.15) is 0 Å². The van der Waals surface area contributed by atoms with E-state index in [0.717, 1.165) is 11.4 Å². The molecule has 0 aliphatic rings. The normalized spacial score (nSPS) is 10.1. The second-order valence-corrected chi connectivity index (χ2v) is 4.40. The quantitative estimate of drug-likeness (QED) is 0.851. The van der Waals surface area contributed by atoms with Gasteiger partial charge >= 0.3 is 5.97 Å². The summed E-state index contributed by atoms with van der Waals surface area (Å²) in [5.41, 5.74) is 1.48. The number of hydrogen-bond acceptors (Lipinski definition) is 3. The molecule has 0 heterocycles. The van der Waals surface area contributed by atoms with Crippen LogP contribution in [0.5, 0.6) is 0 Å². The summed E-state index contributed by atoms with van der Waals surface area (Å²) in [6, 6.07) is 18.5. The zero-order valence-corrected chi connectivity index (χ0v) is 11.4. The Bertz CT molecular complexity index is 560. The van der Waals surface area contributed by atoms with Crippen molar-refractivity contribution in [3.8, 4) is 0 Å². The minimum absolute atomic E-state index is 0.0455. The van der Waals surface area contributed by atoms with Crippen molar-refractivity contribution in [1.82, 2.24) is 5.32 Å². The third kappa shape index (κ3) is 4.15. The van der Waals surface area contributed by atoms with Crippen molar-refractivity contribution < 1.29 is 14.7 Å². The predicted octanol–water partition coefficient (Wildman–Crippen LogP) is 2.03. The Balaban J connectivity index is 2.21. The molecular weight excluding hydrogens is 268 g/mol. The first-order chi connectivity index (χ1) is 10.2. The van der Waals surface area contributed by atoms with Gasteiger partial charge in [-0.3, -0.25) is 19.8 Å². The number of carboxylic acids is 1. The lowest BCUT2D eigenvalue weighted by Gasteiger charge is -2.23. The van der Waals surface area contributed by atoms with Crippen LogP contribution in [0.4, 0.5) is 11.4 Å². The van der Waals surface area contributed by atoms with Gasteiger partial charge in [0, 0.05) is 11.4 Å². The number of aliphatic carboxylic acids is 1. The molecule has 2 aromatic carbocycles. The molecule has 0 unspecified atom stereocenters. The van der Waals surface area contributed by atoms with E-state index in [9.17, 15) is 9.59 Å². The summed E-state index contributed by atoms with van der Waals surface area (Å²) in [6.07, 6.45) is 0. The zero-order valence-electron chi connectivity index (χ0n) is 11.4. The largest absolute Gasteiger partial charge is 0.480 e. The Morgan fingerprint density at radius 1 is 0.857 bits per heavy atom. The third-order valence-corrected chi connectivity index (χ3v) is 2.83. The first-order valence-corrected chi connectivity index (χ1v) is 6.54. The maximum Gasteiger partial charge on any atom is 0.317 e. The molecule has 0 bridgehead atoms. The zero-order chi connectivity index (χ0) is 15.1. The summed E-state index contributed by atoms with van der Waals surface area (Å²) in [7, 11) is 0. The maximum atomic E-state index is 12.4. The highest BCUT2D eigenvalue weighted by Crippen LogP contribution is 2.24. The number of anilines is 2. The second kappa shape index (κ2) is 7.21. The molecule has 2 aromatic rings. The smallest absolute Gasteiger partial charge is 0.317 e. The van der Waals surface area contributed by atoms with Crippen molar-refractivity contribution >= 4 is 23.3 Å². The van der Waals surface area contributed by atoms with E-state index < -0.39 is 5.97 Å². The average Bonchev–Trinajstić information content (AvgIpc) is 2.49. The van der Waals surface area contributed by atoms with Crippen molar-refractivity contribution in [1.29, 1.82) is 0 Å². The van der Waals surface area contributed by atoms with Gasteiger partial charge in [0.25, 0.3) is 0 Å². The molecule has 0 aliphatic carbocycles. The van der Waals surface area contributed by atoms with Gasteiger partial charge in [-0.1, -0.05) is 36.4 Å². The minimum atomic E-state index is -0.992. The summed E-state index contributed by atoms with van der Waals surface area (Å²) in [6.45, 7) is -0.292. The van der Waals surface area contributed by atoms with E-state index in [2.05, 4.69) is 5.32 Å². The van der Waals surface area contributed by atoms with Crippen LogP contribution in [0.15, 0.2) is 60.7 Å². The molecule has 0 aromatic heterocycles. The van der Waals surface area contributed by atoms with E-state index in [0.29, 0.717) is 0 Å². The van der Waals surface area contributed by atoms with Crippen LogP contribution >= 0.6 is 0 Å². The summed E-state index contributed by atoms with van der Waals surface area (Å²) >= 11 is 0. The topological polar surface area (TPSA) is 69.6 Å². The molecule has 2 N–H and O–H groups in total. The van der Waals surface area contributed by atoms with Crippen molar-refractivity contribution in [2.45, 2.75) is 0 Å². The molecule has 108 valence electrons. The van der Waals surface area contributed by atoms with E-state index in [1.165, 1.54) is 0 Å². The number of amides is 1. The molecule has 21 heavy (non-hydrogen) atoms. The fourth-order valence-electron chi connectivity index (χ4n) is 1.95. The number of nitrogens with one attached hydrogen (secondary N) is 1. The highest BCUT2D eigenvalue weighted by molar-refractivity contribution is 6.01. The van der Waals surface area contributed by atoms with Crippen molar-refractivity contribution in [2.24, 2.45) is 0 Å². The summed E-state index contributed by atoms with van der Waals surface area (Å²) in [5.74, 6) is -1.21. The van der Waals surface area contributed by atoms with Crippen molar-refractivity contribution in [3.05, 3.63) is 60.7 Å². The Kier molecular flexibility index (Phi) is 5.06. The van der Waals surface area contributed by atoms with Crippen LogP contribution in [0.1, 0.15) is 0 Å². The SMILES string of the molecule is O=C(O)CNCC(=O)N(c1ccccc1)c1ccccc1. The lowest BCUT2D eigenvalue weighted by atomic mass is 10.2. The van der Waals surface area contributed by atoms with E-state index >= 15 is 0 Å². The van der Waals surface area contributed by atoms with Crippen molar-refractivity contribution in [3.63, 3.8) is 0 Å². The lowest BCUT2D eigenvalue weighted by molar-refractivity contribution is -0.135. The number of carbonyl (C=O) groups is 2. The van der Waals surface area contributed by atoms with Crippen LogP contribution in [0, 0.1) is 0 Å². The second-order valence-electron chi connectivity index (χ2n) is 4.40. The summed E-state index contributed by atoms with van der Waals surface area (Å²) in [5, 5.41) is 11.2. The van der Waals surface area contributed by atoms with Crippen LogP contribution in [-0.4, -0.2) is 30.1 Å². The molecule has 2 rings (SSSR count). The molecule has 0 atom stereocenters. The fraction of sp³-hybridized carbons (Fsp3) is 0.125. The third-order valence-electron chi connectivity index (χ3n) is 2.83. The number of rotatable bonds is 6. The first kappa shape index (κ1) is 14.7. The number of nitrogens with zero attached hydrogens (tertiary/aromatic N) is 1. The van der Waals surface area contributed by atoms with Gasteiger partial charge in [0.1, 0.15) is 0 Å². The molecule has 0 saturated carbocycles. The van der Waals surface area contributed by atoms with Crippen LogP contribution in [0.3, 0.4) is 0 Å². The predicted molar refractivity (Wildman–Crippen MR) is 80.5 cm³/mol. The van der Waals surface area contributed by atoms with Gasteiger partial charge < -0.3 is 5.11 Å². The Hall–Kier alpha value is -2.66. The lowest BCUT2D eigenvalue weighted by Crippen LogP contribution is -2.37. The highest BCUT2D eigenvalue weighted by atomic mass is 16.4. The first-order valence-electron chi connectivity index (χ1n) is 6.54. The van der Waals surface area contributed by atoms with E-state index in [-0.39, 0.29) is 19.0 Å². The molecular formula is C16H16N2O3. The number of carbonyl (C=O) groups excluding carboxylic acids is 1. The van der Waals surface area contributed by atoms with E-state index in [1.54, 1.807) is 4.90 Å². The molecule has 0 spiro atoms. The standard InChI is InChI=1S/C16H16N2O3/c19-15(11-17-12-16(20)21)18(13-7-3-1-4-8-13)14-9-5-2-6-10-14/h1-10,17H,11-12H2,(H,20,21). The van der Waals surface area contributed by atoms with Gasteiger partial charge in [-0.25, -0.2) is 0 Å². The van der Waals surface area contributed by atoms with Gasteiger partial charge in [-0.05, 0) is 24.3 Å². The maximum absolute atomic E-state index is 12.4. The van der Waals surface area contributed by atoms with Gasteiger partial charge in [0.2, 0.25) is 5.91 Å². The van der Waals surface area contributed by atoms with Crippen molar-refractivity contribution in [2.75, 3.05) is 18.0 Å². The number of para-hydroxylation sites is 2. The Morgan fingerprint density at radius 2 is 1.33 bits per heavy atom. The Labute approximate surface area is 122 Å². The van der Waals surface area contributed by atoms with Crippen LogP contribution < -0.4 is 10.2 Å². The van der Waals surface area contributed by atoms with Gasteiger partial charge in [-0.15, -0.1) is 0 Å². The molecule has 0 radical (unpaired) electrons. The van der Waals surface area contributed by atoms with Crippen LogP contribution in [-0.2, 0) is 9.59 Å². The molecule has 5 heteroatoms. The molecule has 1 amide bonds. The van der Waals surface area contributed by atoms with E-state index in [1.807, 2.05) is 60.7 Å². The molecule has 5 nitrogen and oxygen atoms in total. The molecule has 0 saturated heterocycles.